The number of nitrogens with one attached hydrogen (secondary N) is 1. The van der Waals surface area contributed by atoms with E-state index in [9.17, 15) is 0 Å². The van der Waals surface area contributed by atoms with Crippen LogP contribution in [0.4, 0.5) is 0 Å². The normalized spacial score (nSPS) is 20.2. The lowest BCUT2D eigenvalue weighted by atomic mass is 9.91. The fourth-order valence-electron chi connectivity index (χ4n) is 4.53. The number of nitrogens with zero attached hydrogens (tertiary/aromatic N) is 5. The van der Waals surface area contributed by atoms with Gasteiger partial charge in [-0.05, 0) is 36.9 Å². The number of imidazole rings is 1. The van der Waals surface area contributed by atoms with Crippen molar-refractivity contribution < 1.29 is 0 Å². The van der Waals surface area contributed by atoms with Gasteiger partial charge in [-0.2, -0.15) is 5.10 Å². The molecule has 2 aliphatic rings. The van der Waals surface area contributed by atoms with E-state index >= 15 is 0 Å². The molecule has 2 aliphatic heterocycles. The predicted octanol–water partition coefficient (Wildman–Crippen LogP) is 2.73. The van der Waals surface area contributed by atoms with E-state index in [1.165, 1.54) is 30.6 Å². The zero-order valence-corrected chi connectivity index (χ0v) is 16.3. The summed E-state index contributed by atoms with van der Waals surface area (Å²) in [5.74, 6) is 1.64. The van der Waals surface area contributed by atoms with Gasteiger partial charge in [0, 0.05) is 45.1 Å². The van der Waals surface area contributed by atoms with Crippen molar-refractivity contribution in [3.8, 4) is 11.5 Å². The van der Waals surface area contributed by atoms with Gasteiger partial charge in [0.15, 0.2) is 5.82 Å². The fraction of sp³-hybridized carbons (Fsp3) is 0.455. The van der Waals surface area contributed by atoms with Crippen molar-refractivity contribution >= 4 is 0 Å². The second-order valence-corrected chi connectivity index (χ2v) is 7.92. The van der Waals surface area contributed by atoms with Crippen molar-refractivity contribution in [1.29, 1.82) is 0 Å². The van der Waals surface area contributed by atoms with Crippen LogP contribution in [-0.2, 0) is 19.6 Å². The Kier molecular flexibility index (Phi) is 4.97. The van der Waals surface area contributed by atoms with Gasteiger partial charge in [0.05, 0.1) is 12.2 Å². The molecule has 146 valence electrons. The van der Waals surface area contributed by atoms with Gasteiger partial charge < -0.3 is 14.8 Å². The predicted molar refractivity (Wildman–Crippen MR) is 110 cm³/mol. The van der Waals surface area contributed by atoms with Gasteiger partial charge >= 0.3 is 0 Å². The number of rotatable bonds is 5. The molecule has 5 rings (SSSR count). The van der Waals surface area contributed by atoms with E-state index in [2.05, 4.69) is 67.0 Å². The fourth-order valence-corrected chi connectivity index (χ4v) is 4.53. The quantitative estimate of drug-likeness (QED) is 0.744. The molecule has 0 amide bonds. The van der Waals surface area contributed by atoms with Crippen LogP contribution in [-0.4, -0.2) is 50.4 Å². The Balaban J connectivity index is 1.25. The summed E-state index contributed by atoms with van der Waals surface area (Å²) in [7, 11) is 0. The summed E-state index contributed by atoms with van der Waals surface area (Å²) in [6, 6.07) is 13.2. The lowest BCUT2D eigenvalue weighted by molar-refractivity contribution is 0.201. The van der Waals surface area contributed by atoms with Gasteiger partial charge in [-0.1, -0.05) is 30.3 Å². The molecule has 0 saturated carbocycles. The minimum Gasteiger partial charge on any atom is -0.328 e. The summed E-state index contributed by atoms with van der Waals surface area (Å²) >= 11 is 0. The topological polar surface area (TPSA) is 50.9 Å². The molecule has 4 heterocycles. The third-order valence-corrected chi connectivity index (χ3v) is 6.05. The molecule has 1 fully saturated rings. The van der Waals surface area contributed by atoms with E-state index in [-0.39, 0.29) is 0 Å². The number of piperidine rings is 1. The maximum absolute atomic E-state index is 4.78. The van der Waals surface area contributed by atoms with Crippen molar-refractivity contribution in [3.05, 3.63) is 60.0 Å². The first-order valence-corrected chi connectivity index (χ1v) is 10.4. The van der Waals surface area contributed by atoms with Crippen LogP contribution in [0.1, 0.15) is 30.0 Å². The van der Waals surface area contributed by atoms with Crippen LogP contribution in [0.2, 0.25) is 0 Å². The van der Waals surface area contributed by atoms with Crippen LogP contribution >= 0.6 is 0 Å². The van der Waals surface area contributed by atoms with Crippen molar-refractivity contribution in [1.82, 2.24) is 29.5 Å². The highest BCUT2D eigenvalue weighted by Gasteiger charge is 2.21. The van der Waals surface area contributed by atoms with E-state index in [4.69, 9.17) is 5.10 Å². The molecule has 1 aromatic carbocycles. The molecular formula is C22H28N6. The van der Waals surface area contributed by atoms with E-state index in [1.54, 1.807) is 0 Å². The summed E-state index contributed by atoms with van der Waals surface area (Å²) < 4.78 is 4.37. The van der Waals surface area contributed by atoms with E-state index in [1.807, 2.05) is 6.20 Å². The summed E-state index contributed by atoms with van der Waals surface area (Å²) in [6.07, 6.45) is 6.56. The maximum Gasteiger partial charge on any atom is 0.160 e. The SMILES string of the molecule is c1ccc([C@H]2CCCN(CCn3ccnc3-c3cc4n(n3)CCNC4)C2)cc1. The standard InChI is InChI=1S/C22H28N6/c1-2-5-18(6-3-1)19-7-4-10-26(17-19)13-14-27-11-9-24-22(27)21-15-20-16-23-8-12-28(20)25-21/h1-3,5-6,9,11,15,19,23H,4,7-8,10,12-14,16-17H2/t19-/m0/s1. The van der Waals surface area contributed by atoms with E-state index in [0.717, 1.165) is 50.8 Å². The molecule has 1 saturated heterocycles. The van der Waals surface area contributed by atoms with Crippen molar-refractivity contribution in [2.75, 3.05) is 26.2 Å². The molecule has 28 heavy (non-hydrogen) atoms. The highest BCUT2D eigenvalue weighted by molar-refractivity contribution is 5.50. The number of aromatic nitrogens is 4. The number of hydrogen-bond acceptors (Lipinski definition) is 4. The van der Waals surface area contributed by atoms with Gasteiger partial charge in [0.2, 0.25) is 0 Å². The Labute approximate surface area is 166 Å². The third-order valence-electron chi connectivity index (χ3n) is 6.05. The highest BCUT2D eigenvalue weighted by Crippen LogP contribution is 2.27. The molecule has 0 spiro atoms. The lowest BCUT2D eigenvalue weighted by Crippen LogP contribution is -2.36. The van der Waals surface area contributed by atoms with Crippen molar-refractivity contribution in [2.45, 2.75) is 38.4 Å². The summed E-state index contributed by atoms with van der Waals surface area (Å²) in [6.45, 7) is 7.17. The molecule has 6 heteroatoms. The molecule has 0 radical (unpaired) electrons. The van der Waals surface area contributed by atoms with E-state index in [0.29, 0.717) is 5.92 Å². The highest BCUT2D eigenvalue weighted by atomic mass is 15.3. The Hall–Kier alpha value is -2.44. The van der Waals surface area contributed by atoms with Gasteiger partial charge in [-0.15, -0.1) is 0 Å². The molecule has 0 aliphatic carbocycles. The summed E-state index contributed by atoms with van der Waals surface area (Å²) in [5, 5.41) is 8.19. The lowest BCUT2D eigenvalue weighted by Gasteiger charge is -2.33. The van der Waals surface area contributed by atoms with Crippen LogP contribution in [0.25, 0.3) is 11.5 Å². The van der Waals surface area contributed by atoms with Crippen LogP contribution in [0.5, 0.6) is 0 Å². The van der Waals surface area contributed by atoms with E-state index < -0.39 is 0 Å². The first-order valence-electron chi connectivity index (χ1n) is 10.4. The minimum atomic E-state index is 0.657. The molecule has 0 bridgehead atoms. The largest absolute Gasteiger partial charge is 0.328 e. The molecule has 3 aromatic rings. The second-order valence-electron chi connectivity index (χ2n) is 7.92. The molecule has 0 unspecified atom stereocenters. The van der Waals surface area contributed by atoms with Crippen LogP contribution < -0.4 is 5.32 Å². The minimum absolute atomic E-state index is 0.657. The Bertz CT molecular complexity index is 889. The average Bonchev–Trinajstić information content (AvgIpc) is 3.39. The molecule has 1 N–H and O–H groups in total. The van der Waals surface area contributed by atoms with Gasteiger partial charge in [0.1, 0.15) is 5.69 Å². The van der Waals surface area contributed by atoms with Crippen LogP contribution in [0.15, 0.2) is 48.8 Å². The van der Waals surface area contributed by atoms with Gasteiger partial charge in [-0.25, -0.2) is 4.98 Å². The van der Waals surface area contributed by atoms with Crippen LogP contribution in [0.3, 0.4) is 0 Å². The average molecular weight is 377 g/mol. The summed E-state index contributed by atoms with van der Waals surface area (Å²) in [4.78, 5) is 7.21. The number of fused-ring (bicyclic) bond motifs is 1. The Morgan fingerprint density at radius 2 is 2.04 bits per heavy atom. The third kappa shape index (κ3) is 3.62. The molecular weight excluding hydrogens is 348 g/mol. The monoisotopic (exact) mass is 376 g/mol. The van der Waals surface area contributed by atoms with Crippen LogP contribution in [0, 0.1) is 0 Å². The number of benzene rings is 1. The second kappa shape index (κ2) is 7.89. The zero-order valence-electron chi connectivity index (χ0n) is 16.3. The first-order chi connectivity index (χ1) is 13.9. The Morgan fingerprint density at radius 1 is 1.11 bits per heavy atom. The zero-order chi connectivity index (χ0) is 18.8. The van der Waals surface area contributed by atoms with Crippen molar-refractivity contribution in [2.24, 2.45) is 0 Å². The smallest absolute Gasteiger partial charge is 0.160 e. The molecule has 1 atom stereocenters. The van der Waals surface area contributed by atoms with Gasteiger partial charge in [0.25, 0.3) is 0 Å². The maximum atomic E-state index is 4.78. The van der Waals surface area contributed by atoms with Gasteiger partial charge in [-0.3, -0.25) is 4.68 Å². The number of likely N-dealkylation sites (tertiary alicyclic amines) is 1. The number of hydrogen-bond donors (Lipinski definition) is 1. The molecule has 2 aromatic heterocycles. The van der Waals surface area contributed by atoms with Crippen molar-refractivity contribution in [3.63, 3.8) is 0 Å². The molecule has 6 nitrogen and oxygen atoms in total. The Morgan fingerprint density at radius 3 is 2.93 bits per heavy atom. The summed E-state index contributed by atoms with van der Waals surface area (Å²) in [5.41, 5.74) is 3.72. The first kappa shape index (κ1) is 17.6.